The molecule has 0 bridgehead atoms. The summed E-state index contributed by atoms with van der Waals surface area (Å²) in [6.45, 7) is 2.84. The van der Waals surface area contributed by atoms with Gasteiger partial charge in [-0.15, -0.1) is 23.1 Å². The summed E-state index contributed by atoms with van der Waals surface area (Å²) in [6.07, 6.45) is 1.01. The quantitative estimate of drug-likeness (QED) is 0.363. The van der Waals surface area contributed by atoms with Gasteiger partial charge in [0.1, 0.15) is 9.86 Å². The van der Waals surface area contributed by atoms with Crippen LogP contribution in [0.15, 0.2) is 11.1 Å². The minimum atomic E-state index is 0.327. The lowest BCUT2D eigenvalue weighted by atomic mass is 10.4. The van der Waals surface area contributed by atoms with Crippen LogP contribution < -0.4 is 0 Å². The van der Waals surface area contributed by atoms with Crippen LogP contribution in [0.1, 0.15) is 11.3 Å². The molecule has 17 heavy (non-hydrogen) atoms. The standard InChI is InChI=1S/C11H13ClN2OS2/c1-7-6-8-9(16-5-3-4-15-2)13-11(12)14-10(8)17-7/h6H,3-5H2,1-2H3. The van der Waals surface area contributed by atoms with Crippen LogP contribution >= 0.6 is 34.7 Å². The van der Waals surface area contributed by atoms with Gasteiger partial charge in [0, 0.05) is 29.7 Å². The van der Waals surface area contributed by atoms with Crippen LogP contribution in [-0.4, -0.2) is 29.4 Å². The summed E-state index contributed by atoms with van der Waals surface area (Å²) in [6, 6.07) is 2.12. The van der Waals surface area contributed by atoms with Crippen molar-refractivity contribution in [2.75, 3.05) is 19.5 Å². The Bertz CT molecular complexity index is 515. The molecule has 0 unspecified atom stereocenters. The number of methoxy groups -OCH3 is 1. The molecule has 0 N–H and O–H groups in total. The highest BCUT2D eigenvalue weighted by Gasteiger charge is 2.09. The average Bonchev–Trinajstić information content (AvgIpc) is 2.64. The van der Waals surface area contributed by atoms with Crippen LogP contribution in [0.25, 0.3) is 10.2 Å². The summed E-state index contributed by atoms with van der Waals surface area (Å²) in [4.78, 5) is 10.7. The lowest BCUT2D eigenvalue weighted by molar-refractivity contribution is 0.200. The fourth-order valence-corrected chi connectivity index (χ4v) is 3.60. The van der Waals surface area contributed by atoms with Crippen molar-refractivity contribution in [2.24, 2.45) is 0 Å². The predicted molar refractivity (Wildman–Crippen MR) is 74.4 cm³/mol. The number of rotatable bonds is 5. The Hall–Kier alpha value is -0.360. The van der Waals surface area contributed by atoms with Crippen molar-refractivity contribution in [1.82, 2.24) is 9.97 Å². The van der Waals surface area contributed by atoms with E-state index in [-0.39, 0.29) is 0 Å². The molecule has 0 aliphatic heterocycles. The van der Waals surface area contributed by atoms with E-state index in [1.165, 1.54) is 4.88 Å². The largest absolute Gasteiger partial charge is 0.385 e. The minimum absolute atomic E-state index is 0.327. The first-order valence-electron chi connectivity index (χ1n) is 5.26. The van der Waals surface area contributed by atoms with E-state index in [9.17, 15) is 0 Å². The molecule has 0 amide bonds. The number of aryl methyl sites for hydroxylation is 1. The number of hydrogen-bond acceptors (Lipinski definition) is 5. The Morgan fingerprint density at radius 3 is 3.06 bits per heavy atom. The van der Waals surface area contributed by atoms with Crippen LogP contribution in [0, 0.1) is 6.92 Å². The second kappa shape index (κ2) is 6.00. The molecule has 0 saturated carbocycles. The maximum absolute atomic E-state index is 5.92. The molecule has 2 heterocycles. The van der Waals surface area contributed by atoms with Gasteiger partial charge >= 0.3 is 0 Å². The number of hydrogen-bond donors (Lipinski definition) is 0. The first kappa shape index (κ1) is 13.1. The Morgan fingerprint density at radius 2 is 2.29 bits per heavy atom. The third kappa shape index (κ3) is 3.31. The van der Waals surface area contributed by atoms with Crippen LogP contribution in [0.3, 0.4) is 0 Å². The summed E-state index contributed by atoms with van der Waals surface area (Å²) < 4.78 is 5.03. The zero-order chi connectivity index (χ0) is 12.3. The third-order valence-corrected chi connectivity index (χ3v) is 4.38. The van der Waals surface area contributed by atoms with E-state index in [4.69, 9.17) is 16.3 Å². The molecule has 0 spiro atoms. The number of halogens is 1. The molecule has 2 aromatic rings. The topological polar surface area (TPSA) is 35.0 Å². The van der Waals surface area contributed by atoms with Crippen molar-refractivity contribution in [1.29, 1.82) is 0 Å². The first-order valence-corrected chi connectivity index (χ1v) is 7.44. The van der Waals surface area contributed by atoms with Crippen molar-refractivity contribution < 1.29 is 4.74 Å². The molecular weight excluding hydrogens is 276 g/mol. The second-order valence-corrected chi connectivity index (χ2v) is 6.22. The number of fused-ring (bicyclic) bond motifs is 1. The average molecular weight is 289 g/mol. The molecule has 0 aliphatic rings. The zero-order valence-electron chi connectivity index (χ0n) is 9.70. The molecule has 2 rings (SSSR count). The highest BCUT2D eigenvalue weighted by Crippen LogP contribution is 2.32. The first-order chi connectivity index (χ1) is 8.20. The van der Waals surface area contributed by atoms with Gasteiger partial charge in [-0.3, -0.25) is 0 Å². The molecule has 0 radical (unpaired) electrons. The number of ether oxygens (including phenoxy) is 1. The summed E-state index contributed by atoms with van der Waals surface area (Å²) in [5, 5.41) is 2.41. The summed E-state index contributed by atoms with van der Waals surface area (Å²) in [7, 11) is 1.71. The number of thiophene rings is 1. The second-order valence-electron chi connectivity index (χ2n) is 3.57. The monoisotopic (exact) mass is 288 g/mol. The lowest BCUT2D eigenvalue weighted by Gasteiger charge is -2.02. The number of thioether (sulfide) groups is 1. The van der Waals surface area contributed by atoms with Gasteiger partial charge < -0.3 is 4.74 Å². The van der Waals surface area contributed by atoms with E-state index in [1.54, 1.807) is 30.2 Å². The van der Waals surface area contributed by atoms with E-state index < -0.39 is 0 Å². The molecule has 2 aromatic heterocycles. The van der Waals surface area contributed by atoms with E-state index >= 15 is 0 Å². The molecule has 0 fully saturated rings. The summed E-state index contributed by atoms with van der Waals surface area (Å²) in [5.74, 6) is 0.977. The Kier molecular flexibility index (Phi) is 4.62. The maximum Gasteiger partial charge on any atom is 0.224 e. The van der Waals surface area contributed by atoms with E-state index in [0.29, 0.717) is 5.28 Å². The van der Waals surface area contributed by atoms with E-state index in [1.807, 2.05) is 0 Å². The number of aromatic nitrogens is 2. The zero-order valence-corrected chi connectivity index (χ0v) is 12.1. The van der Waals surface area contributed by atoms with Gasteiger partial charge in [-0.25, -0.2) is 9.97 Å². The highest BCUT2D eigenvalue weighted by atomic mass is 35.5. The number of nitrogens with zero attached hydrogens (tertiary/aromatic N) is 2. The third-order valence-electron chi connectivity index (χ3n) is 2.19. The fourth-order valence-electron chi connectivity index (χ4n) is 1.47. The molecule has 0 aromatic carbocycles. The van der Waals surface area contributed by atoms with Gasteiger partial charge in [0.2, 0.25) is 5.28 Å². The molecule has 0 aliphatic carbocycles. The SMILES string of the molecule is COCCCSc1nc(Cl)nc2sc(C)cc12. The van der Waals surface area contributed by atoms with Gasteiger partial charge in [-0.05, 0) is 31.0 Å². The fraction of sp³-hybridized carbons (Fsp3) is 0.455. The minimum Gasteiger partial charge on any atom is -0.385 e. The smallest absolute Gasteiger partial charge is 0.224 e. The Labute approximate surface area is 114 Å². The van der Waals surface area contributed by atoms with Crippen LogP contribution in [0.4, 0.5) is 0 Å². The molecule has 0 saturated heterocycles. The van der Waals surface area contributed by atoms with Crippen molar-refractivity contribution in [3.05, 3.63) is 16.2 Å². The lowest BCUT2D eigenvalue weighted by Crippen LogP contribution is -1.92. The molecule has 3 nitrogen and oxygen atoms in total. The van der Waals surface area contributed by atoms with Gasteiger partial charge in [-0.2, -0.15) is 0 Å². The molecule has 92 valence electrons. The molecule has 0 atom stereocenters. The van der Waals surface area contributed by atoms with Crippen molar-refractivity contribution in [2.45, 2.75) is 18.4 Å². The normalized spacial score (nSPS) is 11.2. The van der Waals surface area contributed by atoms with Gasteiger partial charge in [0.05, 0.1) is 0 Å². The van der Waals surface area contributed by atoms with Crippen molar-refractivity contribution in [3.63, 3.8) is 0 Å². The summed E-state index contributed by atoms with van der Waals surface area (Å²) in [5.41, 5.74) is 0. The predicted octanol–water partition coefficient (Wildman–Crippen LogP) is 3.78. The van der Waals surface area contributed by atoms with Crippen LogP contribution in [-0.2, 0) is 4.74 Å². The van der Waals surface area contributed by atoms with Crippen molar-refractivity contribution in [3.8, 4) is 0 Å². The van der Waals surface area contributed by atoms with Crippen LogP contribution in [0.5, 0.6) is 0 Å². The highest BCUT2D eigenvalue weighted by molar-refractivity contribution is 7.99. The Morgan fingerprint density at radius 1 is 1.47 bits per heavy atom. The van der Waals surface area contributed by atoms with Gasteiger partial charge in [0.25, 0.3) is 0 Å². The molecule has 6 heteroatoms. The van der Waals surface area contributed by atoms with Crippen molar-refractivity contribution >= 4 is 44.9 Å². The summed E-state index contributed by atoms with van der Waals surface area (Å²) >= 11 is 9.28. The van der Waals surface area contributed by atoms with Gasteiger partial charge in [-0.1, -0.05) is 0 Å². The van der Waals surface area contributed by atoms with E-state index in [2.05, 4.69) is 23.0 Å². The molecular formula is C11H13ClN2OS2. The van der Waals surface area contributed by atoms with Gasteiger partial charge in [0.15, 0.2) is 0 Å². The Balaban J connectivity index is 2.19. The maximum atomic E-state index is 5.92. The van der Waals surface area contributed by atoms with Crippen LogP contribution in [0.2, 0.25) is 5.28 Å². The van der Waals surface area contributed by atoms with E-state index in [0.717, 1.165) is 34.0 Å².